The Morgan fingerprint density at radius 2 is 1.97 bits per heavy atom. The van der Waals surface area contributed by atoms with E-state index in [9.17, 15) is 14.0 Å². The highest BCUT2D eigenvalue weighted by molar-refractivity contribution is 5.99. The van der Waals surface area contributed by atoms with Gasteiger partial charge in [-0.05, 0) is 56.7 Å². The molecular weight excluding hydrogens is 391 g/mol. The molecule has 0 aliphatic carbocycles. The summed E-state index contributed by atoms with van der Waals surface area (Å²) in [4.78, 5) is 23.9. The van der Waals surface area contributed by atoms with E-state index in [1.54, 1.807) is 38.1 Å². The highest BCUT2D eigenvalue weighted by atomic mass is 19.1. The van der Waals surface area contributed by atoms with Gasteiger partial charge in [0.25, 0.3) is 5.91 Å². The van der Waals surface area contributed by atoms with Gasteiger partial charge in [-0.15, -0.1) is 0 Å². The second kappa shape index (κ2) is 8.77. The Kier molecular flexibility index (Phi) is 6.15. The summed E-state index contributed by atoms with van der Waals surface area (Å²) in [5, 5.41) is 4.78. The SMILES string of the molecule is COc1ccc(/C(C)=N\NC(=O)[C@@H](C)Oc2ccc3c(C)cc(=O)oc3c2)cc1F. The van der Waals surface area contributed by atoms with E-state index < -0.39 is 23.5 Å². The fourth-order valence-corrected chi connectivity index (χ4v) is 2.82. The standard InChI is InChI=1S/C22H21FN2O5/c1-12-9-21(26)30-20-11-16(6-7-17(12)20)29-14(3)22(27)25-24-13(2)15-5-8-19(28-4)18(23)10-15/h5-11,14H,1-4H3,(H,25,27)/b24-13-/t14-/m1/s1. The van der Waals surface area contributed by atoms with E-state index in [0.717, 1.165) is 10.9 Å². The first-order chi connectivity index (χ1) is 14.3. The summed E-state index contributed by atoms with van der Waals surface area (Å²) in [6.07, 6.45) is -0.872. The first kappa shape index (κ1) is 21.0. The first-order valence-electron chi connectivity index (χ1n) is 9.17. The normalized spacial score (nSPS) is 12.5. The number of hydrogen-bond acceptors (Lipinski definition) is 6. The van der Waals surface area contributed by atoms with Gasteiger partial charge in [0, 0.05) is 23.1 Å². The summed E-state index contributed by atoms with van der Waals surface area (Å²) in [6.45, 7) is 5.01. The smallest absolute Gasteiger partial charge is 0.336 e. The molecule has 7 nitrogen and oxygen atoms in total. The van der Waals surface area contributed by atoms with E-state index in [2.05, 4.69) is 10.5 Å². The minimum atomic E-state index is -0.872. The van der Waals surface area contributed by atoms with Gasteiger partial charge in [0.2, 0.25) is 0 Å². The van der Waals surface area contributed by atoms with Gasteiger partial charge >= 0.3 is 5.63 Å². The number of hydrogen-bond donors (Lipinski definition) is 1. The Balaban J connectivity index is 1.68. The predicted molar refractivity (Wildman–Crippen MR) is 111 cm³/mol. The van der Waals surface area contributed by atoms with Crippen LogP contribution in [0.3, 0.4) is 0 Å². The van der Waals surface area contributed by atoms with Crippen LogP contribution in [0.4, 0.5) is 4.39 Å². The molecular formula is C22H21FN2O5. The lowest BCUT2D eigenvalue weighted by atomic mass is 10.1. The van der Waals surface area contributed by atoms with E-state index in [4.69, 9.17) is 13.9 Å². The lowest BCUT2D eigenvalue weighted by molar-refractivity contribution is -0.127. The van der Waals surface area contributed by atoms with Crippen molar-refractivity contribution in [1.29, 1.82) is 0 Å². The molecule has 2 aromatic carbocycles. The van der Waals surface area contributed by atoms with Gasteiger partial charge in [0.05, 0.1) is 12.8 Å². The van der Waals surface area contributed by atoms with Crippen molar-refractivity contribution in [3.8, 4) is 11.5 Å². The molecule has 0 unspecified atom stereocenters. The van der Waals surface area contributed by atoms with Gasteiger partial charge in [-0.25, -0.2) is 14.6 Å². The van der Waals surface area contributed by atoms with E-state index in [1.165, 1.54) is 25.3 Å². The number of benzene rings is 2. The molecule has 3 aromatic rings. The van der Waals surface area contributed by atoms with Gasteiger partial charge in [-0.3, -0.25) is 4.79 Å². The van der Waals surface area contributed by atoms with E-state index in [1.807, 2.05) is 6.92 Å². The van der Waals surface area contributed by atoms with Crippen LogP contribution < -0.4 is 20.5 Å². The number of methoxy groups -OCH3 is 1. The van der Waals surface area contributed by atoms with Crippen LogP contribution in [0.2, 0.25) is 0 Å². The van der Waals surface area contributed by atoms with Crippen LogP contribution in [0, 0.1) is 12.7 Å². The summed E-state index contributed by atoms with van der Waals surface area (Å²) < 4.78 is 29.5. The van der Waals surface area contributed by atoms with Crippen molar-refractivity contribution < 1.29 is 23.1 Å². The van der Waals surface area contributed by atoms with Crippen LogP contribution in [0.5, 0.6) is 11.5 Å². The molecule has 1 aromatic heterocycles. The van der Waals surface area contributed by atoms with Crippen LogP contribution in [0.15, 0.2) is 56.8 Å². The molecule has 0 saturated carbocycles. The number of rotatable bonds is 6. The summed E-state index contributed by atoms with van der Waals surface area (Å²) >= 11 is 0. The Morgan fingerprint density at radius 3 is 2.67 bits per heavy atom. The molecule has 0 fully saturated rings. The average Bonchev–Trinajstić information content (AvgIpc) is 2.71. The number of amides is 1. The van der Waals surface area contributed by atoms with Gasteiger partial charge in [0.1, 0.15) is 11.3 Å². The minimum Gasteiger partial charge on any atom is -0.494 e. The quantitative estimate of drug-likeness (QED) is 0.380. The highest BCUT2D eigenvalue weighted by Gasteiger charge is 2.15. The molecule has 3 rings (SSSR count). The molecule has 0 aliphatic heterocycles. The molecule has 0 saturated heterocycles. The lowest BCUT2D eigenvalue weighted by Gasteiger charge is -2.14. The highest BCUT2D eigenvalue weighted by Crippen LogP contribution is 2.23. The molecule has 0 bridgehead atoms. The van der Waals surface area contributed by atoms with E-state index >= 15 is 0 Å². The van der Waals surface area contributed by atoms with Gasteiger partial charge in [0.15, 0.2) is 17.7 Å². The number of carbonyl (C=O) groups is 1. The third-order valence-corrected chi connectivity index (χ3v) is 4.51. The van der Waals surface area contributed by atoms with Crippen molar-refractivity contribution in [2.45, 2.75) is 26.9 Å². The largest absolute Gasteiger partial charge is 0.494 e. The maximum Gasteiger partial charge on any atom is 0.336 e. The third kappa shape index (κ3) is 4.65. The molecule has 1 atom stereocenters. The average molecular weight is 412 g/mol. The fraction of sp³-hybridized carbons (Fsp3) is 0.227. The number of ether oxygens (including phenoxy) is 2. The Bertz CT molecular complexity index is 1190. The molecule has 0 aliphatic rings. The minimum absolute atomic E-state index is 0.124. The second-order valence-electron chi connectivity index (χ2n) is 6.69. The third-order valence-electron chi connectivity index (χ3n) is 4.51. The number of carbonyl (C=O) groups excluding carboxylic acids is 1. The maximum absolute atomic E-state index is 13.8. The number of nitrogens with one attached hydrogen (secondary N) is 1. The van der Waals surface area contributed by atoms with Crippen molar-refractivity contribution in [3.63, 3.8) is 0 Å². The van der Waals surface area contributed by atoms with Crippen molar-refractivity contribution in [2.24, 2.45) is 5.10 Å². The number of hydrazone groups is 1. The molecule has 1 heterocycles. The summed E-state index contributed by atoms with van der Waals surface area (Å²) in [6, 6.07) is 10.8. The first-order valence-corrected chi connectivity index (χ1v) is 9.17. The molecule has 30 heavy (non-hydrogen) atoms. The molecule has 0 radical (unpaired) electrons. The van der Waals surface area contributed by atoms with E-state index in [-0.39, 0.29) is 5.75 Å². The number of halogens is 1. The summed E-state index contributed by atoms with van der Waals surface area (Å²) in [5.41, 5.74) is 4.03. The fourth-order valence-electron chi connectivity index (χ4n) is 2.82. The van der Waals surface area contributed by atoms with Crippen molar-refractivity contribution in [2.75, 3.05) is 7.11 Å². The zero-order valence-corrected chi connectivity index (χ0v) is 17.0. The number of fused-ring (bicyclic) bond motifs is 1. The molecule has 1 amide bonds. The van der Waals surface area contributed by atoms with Crippen LogP contribution in [0.1, 0.15) is 25.0 Å². The van der Waals surface area contributed by atoms with Crippen molar-refractivity contribution >= 4 is 22.6 Å². The number of aryl methyl sites for hydroxylation is 1. The molecule has 1 N–H and O–H groups in total. The Morgan fingerprint density at radius 1 is 1.20 bits per heavy atom. The Labute approximate surface area is 172 Å². The lowest BCUT2D eigenvalue weighted by Crippen LogP contribution is -2.33. The Hall–Kier alpha value is -3.68. The van der Waals surface area contributed by atoms with Crippen LogP contribution >= 0.6 is 0 Å². The molecule has 156 valence electrons. The summed E-state index contributed by atoms with van der Waals surface area (Å²) in [7, 11) is 1.38. The summed E-state index contributed by atoms with van der Waals surface area (Å²) in [5.74, 6) is -0.518. The monoisotopic (exact) mass is 412 g/mol. The van der Waals surface area contributed by atoms with Crippen molar-refractivity contribution in [1.82, 2.24) is 5.43 Å². The van der Waals surface area contributed by atoms with Crippen molar-refractivity contribution in [3.05, 3.63) is 69.8 Å². The zero-order chi connectivity index (χ0) is 21.8. The molecule has 8 heteroatoms. The maximum atomic E-state index is 13.8. The van der Waals surface area contributed by atoms with E-state index in [0.29, 0.717) is 22.6 Å². The van der Waals surface area contributed by atoms with Crippen LogP contribution in [-0.4, -0.2) is 24.8 Å². The zero-order valence-electron chi connectivity index (χ0n) is 17.0. The van der Waals surface area contributed by atoms with Gasteiger partial charge in [-0.2, -0.15) is 5.10 Å². The van der Waals surface area contributed by atoms with Crippen LogP contribution in [0.25, 0.3) is 11.0 Å². The van der Waals surface area contributed by atoms with Gasteiger partial charge in [-0.1, -0.05) is 0 Å². The molecule has 0 spiro atoms. The van der Waals surface area contributed by atoms with Gasteiger partial charge < -0.3 is 13.9 Å². The second-order valence-corrected chi connectivity index (χ2v) is 6.69. The number of nitrogens with zero attached hydrogens (tertiary/aromatic N) is 1. The van der Waals surface area contributed by atoms with Crippen LogP contribution in [-0.2, 0) is 4.79 Å². The topological polar surface area (TPSA) is 90.1 Å². The predicted octanol–water partition coefficient (Wildman–Crippen LogP) is 3.56.